The SMILES string of the molecule is C[C@H](N[C@@H](C)[C@@H](C)c1ccccc1)C(=O)O.Cl. The van der Waals surface area contributed by atoms with Crippen LogP contribution in [0.15, 0.2) is 30.3 Å². The summed E-state index contributed by atoms with van der Waals surface area (Å²) >= 11 is 0. The van der Waals surface area contributed by atoms with E-state index in [2.05, 4.69) is 24.4 Å². The predicted octanol–water partition coefficient (Wildman–Crippen LogP) is 2.66. The Labute approximate surface area is 109 Å². The maximum atomic E-state index is 10.7. The van der Waals surface area contributed by atoms with E-state index in [1.54, 1.807) is 6.92 Å². The Morgan fingerprint density at radius 3 is 2.18 bits per heavy atom. The van der Waals surface area contributed by atoms with Gasteiger partial charge in [0.05, 0.1) is 0 Å². The Morgan fingerprint density at radius 2 is 1.71 bits per heavy atom. The lowest BCUT2D eigenvalue weighted by molar-refractivity contribution is -0.139. The normalized spacial score (nSPS) is 15.5. The summed E-state index contributed by atoms with van der Waals surface area (Å²) in [5.41, 5.74) is 1.22. The summed E-state index contributed by atoms with van der Waals surface area (Å²) in [5.74, 6) is -0.518. The molecule has 0 saturated carbocycles. The van der Waals surface area contributed by atoms with E-state index in [4.69, 9.17) is 5.11 Å². The molecule has 4 heteroatoms. The first-order chi connectivity index (χ1) is 7.52. The topological polar surface area (TPSA) is 49.3 Å². The van der Waals surface area contributed by atoms with Crippen molar-refractivity contribution in [2.45, 2.75) is 38.8 Å². The van der Waals surface area contributed by atoms with Gasteiger partial charge in [0, 0.05) is 6.04 Å². The number of rotatable bonds is 5. The van der Waals surface area contributed by atoms with Crippen LogP contribution in [0, 0.1) is 0 Å². The van der Waals surface area contributed by atoms with Crippen LogP contribution in [0.3, 0.4) is 0 Å². The Hall–Kier alpha value is -1.06. The number of benzene rings is 1. The van der Waals surface area contributed by atoms with Gasteiger partial charge in [0.1, 0.15) is 6.04 Å². The van der Waals surface area contributed by atoms with Crippen molar-refractivity contribution in [2.75, 3.05) is 0 Å². The first-order valence-corrected chi connectivity index (χ1v) is 5.56. The lowest BCUT2D eigenvalue weighted by Gasteiger charge is -2.23. The molecule has 0 aliphatic rings. The number of hydrogen-bond donors (Lipinski definition) is 2. The van der Waals surface area contributed by atoms with Gasteiger partial charge in [-0.1, -0.05) is 37.3 Å². The highest BCUT2D eigenvalue weighted by Crippen LogP contribution is 2.18. The van der Waals surface area contributed by atoms with Crippen molar-refractivity contribution in [3.8, 4) is 0 Å². The Kier molecular flexibility index (Phi) is 6.85. The lowest BCUT2D eigenvalue weighted by atomic mass is 9.94. The Bertz CT molecular complexity index is 343. The van der Waals surface area contributed by atoms with E-state index >= 15 is 0 Å². The summed E-state index contributed by atoms with van der Waals surface area (Å²) in [5, 5.41) is 11.9. The molecule has 1 aromatic rings. The van der Waals surface area contributed by atoms with Crippen molar-refractivity contribution in [3.05, 3.63) is 35.9 Å². The van der Waals surface area contributed by atoms with Crippen LogP contribution in [-0.2, 0) is 4.79 Å². The second-order valence-corrected chi connectivity index (χ2v) is 4.21. The molecule has 17 heavy (non-hydrogen) atoms. The predicted molar refractivity (Wildman–Crippen MR) is 71.8 cm³/mol. The van der Waals surface area contributed by atoms with E-state index < -0.39 is 12.0 Å². The molecule has 0 heterocycles. The minimum absolute atomic E-state index is 0. The van der Waals surface area contributed by atoms with E-state index in [0.717, 1.165) is 0 Å². The maximum Gasteiger partial charge on any atom is 0.320 e. The zero-order valence-corrected chi connectivity index (χ0v) is 11.2. The molecule has 0 radical (unpaired) electrons. The average molecular weight is 258 g/mol. The zero-order valence-electron chi connectivity index (χ0n) is 10.4. The van der Waals surface area contributed by atoms with Gasteiger partial charge in [-0.25, -0.2) is 0 Å². The van der Waals surface area contributed by atoms with Crippen LogP contribution in [0.5, 0.6) is 0 Å². The first-order valence-electron chi connectivity index (χ1n) is 5.56. The van der Waals surface area contributed by atoms with Crippen molar-refractivity contribution in [1.82, 2.24) is 5.32 Å². The Balaban J connectivity index is 0.00000256. The van der Waals surface area contributed by atoms with Crippen LogP contribution < -0.4 is 5.32 Å². The van der Waals surface area contributed by atoms with E-state index in [0.29, 0.717) is 5.92 Å². The van der Waals surface area contributed by atoms with Crippen molar-refractivity contribution < 1.29 is 9.90 Å². The van der Waals surface area contributed by atoms with Crippen molar-refractivity contribution in [2.24, 2.45) is 0 Å². The second kappa shape index (κ2) is 7.30. The van der Waals surface area contributed by atoms with Gasteiger partial charge in [0.2, 0.25) is 0 Å². The number of hydrogen-bond acceptors (Lipinski definition) is 2. The summed E-state index contributed by atoms with van der Waals surface area (Å²) in [6.45, 7) is 5.77. The molecule has 0 spiro atoms. The van der Waals surface area contributed by atoms with Gasteiger partial charge >= 0.3 is 5.97 Å². The van der Waals surface area contributed by atoms with Crippen LogP contribution in [0.1, 0.15) is 32.3 Å². The molecule has 3 nitrogen and oxygen atoms in total. The largest absolute Gasteiger partial charge is 0.480 e. The standard InChI is InChI=1S/C13H19NO2.ClH/c1-9(12-7-5-4-6-8-12)10(2)14-11(3)13(15)16;/h4-11,14H,1-3H3,(H,15,16);1H/t9-,10+,11+;/m1./s1. The summed E-state index contributed by atoms with van der Waals surface area (Å²) in [6, 6.07) is 9.73. The third-order valence-electron chi connectivity index (χ3n) is 2.96. The summed E-state index contributed by atoms with van der Waals surface area (Å²) in [4.78, 5) is 10.7. The fourth-order valence-corrected chi connectivity index (χ4v) is 1.66. The number of halogens is 1. The van der Waals surface area contributed by atoms with E-state index in [1.807, 2.05) is 25.1 Å². The second-order valence-electron chi connectivity index (χ2n) is 4.21. The number of nitrogens with one attached hydrogen (secondary N) is 1. The molecule has 0 aliphatic carbocycles. The zero-order chi connectivity index (χ0) is 12.1. The highest BCUT2D eigenvalue weighted by atomic mass is 35.5. The molecule has 1 rings (SSSR count). The quantitative estimate of drug-likeness (QED) is 0.853. The number of aliphatic carboxylic acids is 1. The molecule has 0 aromatic heterocycles. The molecule has 0 amide bonds. The summed E-state index contributed by atoms with van der Waals surface area (Å²) in [7, 11) is 0. The number of carbonyl (C=O) groups is 1. The van der Waals surface area contributed by atoms with Gasteiger partial charge in [-0.2, -0.15) is 0 Å². The van der Waals surface area contributed by atoms with E-state index in [9.17, 15) is 4.79 Å². The van der Waals surface area contributed by atoms with Crippen LogP contribution in [0.25, 0.3) is 0 Å². The maximum absolute atomic E-state index is 10.7. The highest BCUT2D eigenvalue weighted by Gasteiger charge is 2.19. The highest BCUT2D eigenvalue weighted by molar-refractivity contribution is 5.85. The fourth-order valence-electron chi connectivity index (χ4n) is 1.66. The summed E-state index contributed by atoms with van der Waals surface area (Å²) in [6.07, 6.45) is 0. The van der Waals surface area contributed by atoms with Gasteiger partial charge in [-0.3, -0.25) is 4.79 Å². The van der Waals surface area contributed by atoms with Gasteiger partial charge < -0.3 is 10.4 Å². The van der Waals surface area contributed by atoms with Gasteiger partial charge in [0.25, 0.3) is 0 Å². The van der Waals surface area contributed by atoms with Crippen molar-refractivity contribution in [3.63, 3.8) is 0 Å². The lowest BCUT2D eigenvalue weighted by Crippen LogP contribution is -2.42. The van der Waals surface area contributed by atoms with Gasteiger partial charge in [-0.15, -0.1) is 12.4 Å². The molecule has 0 fully saturated rings. The Morgan fingerprint density at radius 1 is 1.18 bits per heavy atom. The minimum Gasteiger partial charge on any atom is -0.480 e. The molecular weight excluding hydrogens is 238 g/mol. The van der Waals surface area contributed by atoms with Crippen LogP contribution in [0.4, 0.5) is 0 Å². The van der Waals surface area contributed by atoms with Crippen molar-refractivity contribution in [1.29, 1.82) is 0 Å². The molecule has 0 unspecified atom stereocenters. The molecule has 96 valence electrons. The number of carboxylic acid groups (broad SMARTS) is 1. The first kappa shape index (κ1) is 15.9. The number of carboxylic acids is 1. The third kappa shape index (κ3) is 4.75. The van der Waals surface area contributed by atoms with Gasteiger partial charge in [-0.05, 0) is 25.3 Å². The molecular formula is C13H20ClNO2. The monoisotopic (exact) mass is 257 g/mol. The minimum atomic E-state index is -0.813. The summed E-state index contributed by atoms with van der Waals surface area (Å²) < 4.78 is 0. The van der Waals surface area contributed by atoms with E-state index in [-0.39, 0.29) is 18.4 Å². The molecule has 3 atom stereocenters. The van der Waals surface area contributed by atoms with Crippen LogP contribution in [-0.4, -0.2) is 23.2 Å². The molecule has 0 bridgehead atoms. The smallest absolute Gasteiger partial charge is 0.320 e. The van der Waals surface area contributed by atoms with E-state index in [1.165, 1.54) is 5.56 Å². The van der Waals surface area contributed by atoms with Crippen LogP contribution >= 0.6 is 12.4 Å². The molecule has 2 N–H and O–H groups in total. The molecule has 0 aliphatic heterocycles. The van der Waals surface area contributed by atoms with Gasteiger partial charge in [0.15, 0.2) is 0 Å². The molecule has 0 saturated heterocycles. The van der Waals surface area contributed by atoms with Crippen molar-refractivity contribution >= 4 is 18.4 Å². The average Bonchev–Trinajstić information content (AvgIpc) is 2.28. The molecule has 1 aromatic carbocycles. The van der Waals surface area contributed by atoms with Crippen LogP contribution in [0.2, 0.25) is 0 Å². The fraction of sp³-hybridized carbons (Fsp3) is 0.462. The third-order valence-corrected chi connectivity index (χ3v) is 2.96.